The van der Waals surface area contributed by atoms with Crippen LogP contribution in [0.15, 0.2) is 24.3 Å². The molecule has 1 saturated heterocycles. The van der Waals surface area contributed by atoms with Crippen molar-refractivity contribution in [1.29, 1.82) is 0 Å². The fourth-order valence-electron chi connectivity index (χ4n) is 1.95. The molecule has 1 heterocycles. The van der Waals surface area contributed by atoms with Gasteiger partial charge in [0.05, 0.1) is 5.38 Å². The number of rotatable bonds is 3. The van der Waals surface area contributed by atoms with E-state index in [1.807, 2.05) is 24.3 Å². The van der Waals surface area contributed by atoms with Crippen LogP contribution in [-0.2, 0) is 17.9 Å². The number of alkyl halides is 1. The van der Waals surface area contributed by atoms with E-state index in [1.165, 1.54) is 0 Å². The molecule has 0 spiro atoms. The molecule has 1 fully saturated rings. The van der Waals surface area contributed by atoms with Crippen LogP contribution in [0.25, 0.3) is 0 Å². The Morgan fingerprint density at radius 1 is 1.44 bits per heavy atom. The molecule has 0 radical (unpaired) electrons. The highest BCUT2D eigenvalue weighted by atomic mass is 35.5. The highest BCUT2D eigenvalue weighted by Gasteiger charge is 2.27. The number of halogens is 1. The lowest BCUT2D eigenvalue weighted by molar-refractivity contribution is -0.128. The van der Waals surface area contributed by atoms with Gasteiger partial charge in [0.2, 0.25) is 5.91 Å². The van der Waals surface area contributed by atoms with E-state index in [2.05, 4.69) is 0 Å². The minimum Gasteiger partial charge on any atom is -0.337 e. The highest BCUT2D eigenvalue weighted by Crippen LogP contribution is 2.19. The summed E-state index contributed by atoms with van der Waals surface area (Å²) in [4.78, 5) is 13.4. The summed E-state index contributed by atoms with van der Waals surface area (Å²) < 4.78 is 0. The molecule has 1 aliphatic rings. The van der Waals surface area contributed by atoms with Gasteiger partial charge < -0.3 is 10.6 Å². The van der Waals surface area contributed by atoms with Crippen molar-refractivity contribution in [3.63, 3.8) is 0 Å². The molecule has 0 aromatic heterocycles. The quantitative estimate of drug-likeness (QED) is 0.811. The molecule has 0 aliphatic carbocycles. The van der Waals surface area contributed by atoms with Crippen LogP contribution in [0.4, 0.5) is 0 Å². The number of benzene rings is 1. The molecular formula is C12H15ClN2O. The Morgan fingerprint density at radius 2 is 2.19 bits per heavy atom. The lowest BCUT2D eigenvalue weighted by atomic mass is 10.1. The standard InChI is InChI=1S/C12H15ClN2O/c13-11-5-12(16)15(8-11)7-10-3-1-2-9(4-10)6-14/h1-4,11H,5-8,14H2. The van der Waals surface area contributed by atoms with Gasteiger partial charge >= 0.3 is 0 Å². The van der Waals surface area contributed by atoms with E-state index in [-0.39, 0.29) is 11.3 Å². The summed E-state index contributed by atoms with van der Waals surface area (Å²) in [5.74, 6) is 0.137. The van der Waals surface area contributed by atoms with E-state index in [0.29, 0.717) is 26.1 Å². The maximum atomic E-state index is 11.6. The monoisotopic (exact) mass is 238 g/mol. The fraction of sp³-hybridized carbons (Fsp3) is 0.417. The number of nitrogens with zero attached hydrogens (tertiary/aromatic N) is 1. The van der Waals surface area contributed by atoms with Gasteiger partial charge in [0.1, 0.15) is 0 Å². The summed E-state index contributed by atoms with van der Waals surface area (Å²) in [6.45, 7) is 1.81. The number of amides is 1. The number of likely N-dealkylation sites (tertiary alicyclic amines) is 1. The van der Waals surface area contributed by atoms with Crippen molar-refractivity contribution in [3.8, 4) is 0 Å². The van der Waals surface area contributed by atoms with Gasteiger partial charge in [-0.05, 0) is 11.1 Å². The smallest absolute Gasteiger partial charge is 0.224 e. The third-order valence-corrected chi connectivity index (χ3v) is 3.06. The molecule has 4 heteroatoms. The second-order valence-electron chi connectivity index (χ2n) is 4.10. The lowest BCUT2D eigenvalue weighted by Gasteiger charge is -2.16. The maximum absolute atomic E-state index is 11.6. The van der Waals surface area contributed by atoms with Gasteiger partial charge in [0.25, 0.3) is 0 Å². The zero-order chi connectivity index (χ0) is 11.5. The van der Waals surface area contributed by atoms with Gasteiger partial charge in [-0.1, -0.05) is 24.3 Å². The van der Waals surface area contributed by atoms with Crippen molar-refractivity contribution in [3.05, 3.63) is 35.4 Å². The zero-order valence-electron chi connectivity index (χ0n) is 9.03. The fourth-order valence-corrected chi connectivity index (χ4v) is 2.25. The summed E-state index contributed by atoms with van der Waals surface area (Å²) >= 11 is 5.94. The third kappa shape index (κ3) is 2.54. The van der Waals surface area contributed by atoms with Crippen molar-refractivity contribution < 1.29 is 4.79 Å². The largest absolute Gasteiger partial charge is 0.337 e. The average Bonchev–Trinajstić information content (AvgIpc) is 2.58. The predicted octanol–water partition coefficient (Wildman–Crippen LogP) is 1.49. The summed E-state index contributed by atoms with van der Waals surface area (Å²) in [6, 6.07) is 8.00. The topological polar surface area (TPSA) is 46.3 Å². The first-order valence-corrected chi connectivity index (χ1v) is 5.82. The molecule has 0 saturated carbocycles. The Morgan fingerprint density at radius 3 is 2.81 bits per heavy atom. The van der Waals surface area contributed by atoms with Crippen LogP contribution in [0.3, 0.4) is 0 Å². The number of hydrogen-bond acceptors (Lipinski definition) is 2. The molecule has 1 aromatic carbocycles. The van der Waals surface area contributed by atoms with Crippen LogP contribution in [0.2, 0.25) is 0 Å². The molecule has 1 atom stereocenters. The molecule has 1 aliphatic heterocycles. The van der Waals surface area contributed by atoms with Gasteiger partial charge in [-0.15, -0.1) is 11.6 Å². The lowest BCUT2D eigenvalue weighted by Crippen LogP contribution is -2.24. The van der Waals surface area contributed by atoms with Crippen LogP contribution >= 0.6 is 11.6 Å². The second-order valence-corrected chi connectivity index (χ2v) is 4.72. The molecule has 16 heavy (non-hydrogen) atoms. The molecule has 1 unspecified atom stereocenters. The van der Waals surface area contributed by atoms with Crippen LogP contribution in [0.5, 0.6) is 0 Å². The molecule has 0 bridgehead atoms. The van der Waals surface area contributed by atoms with Crippen LogP contribution in [0, 0.1) is 0 Å². The van der Waals surface area contributed by atoms with Crippen LogP contribution < -0.4 is 5.73 Å². The number of nitrogens with two attached hydrogens (primary N) is 1. The van der Waals surface area contributed by atoms with E-state index in [4.69, 9.17) is 17.3 Å². The summed E-state index contributed by atoms with van der Waals surface area (Å²) in [6.07, 6.45) is 0.456. The number of hydrogen-bond donors (Lipinski definition) is 1. The van der Waals surface area contributed by atoms with Gasteiger partial charge in [-0.2, -0.15) is 0 Å². The minimum atomic E-state index is -0.0369. The van der Waals surface area contributed by atoms with Crippen LogP contribution in [0.1, 0.15) is 17.5 Å². The molecule has 3 nitrogen and oxygen atoms in total. The normalized spacial score (nSPS) is 20.5. The Bertz CT molecular complexity index is 394. The first-order chi connectivity index (χ1) is 7.69. The van der Waals surface area contributed by atoms with Crippen molar-refractivity contribution in [2.75, 3.05) is 6.54 Å². The maximum Gasteiger partial charge on any atom is 0.224 e. The van der Waals surface area contributed by atoms with E-state index in [9.17, 15) is 4.79 Å². The summed E-state index contributed by atoms with van der Waals surface area (Å²) in [5.41, 5.74) is 7.78. The van der Waals surface area contributed by atoms with Crippen molar-refractivity contribution in [2.24, 2.45) is 5.73 Å². The predicted molar refractivity (Wildman–Crippen MR) is 64.0 cm³/mol. The second kappa shape index (κ2) is 4.85. The summed E-state index contributed by atoms with van der Waals surface area (Å²) in [5, 5.41) is -0.0369. The van der Waals surface area contributed by atoms with E-state index < -0.39 is 0 Å². The van der Waals surface area contributed by atoms with Gasteiger partial charge in [0.15, 0.2) is 0 Å². The van der Waals surface area contributed by atoms with Crippen LogP contribution in [-0.4, -0.2) is 22.7 Å². The Balaban J connectivity index is 2.06. The number of carbonyl (C=O) groups excluding carboxylic acids is 1. The SMILES string of the molecule is NCc1cccc(CN2CC(Cl)CC2=O)c1. The molecule has 2 N–H and O–H groups in total. The van der Waals surface area contributed by atoms with Gasteiger partial charge in [-0.3, -0.25) is 4.79 Å². The first-order valence-electron chi connectivity index (χ1n) is 5.39. The van der Waals surface area contributed by atoms with Crippen molar-refractivity contribution in [1.82, 2.24) is 4.90 Å². The Kier molecular flexibility index (Phi) is 3.46. The molecular weight excluding hydrogens is 224 g/mol. The molecule has 86 valence electrons. The Hall–Kier alpha value is -1.06. The van der Waals surface area contributed by atoms with Gasteiger partial charge in [-0.25, -0.2) is 0 Å². The van der Waals surface area contributed by atoms with Crippen molar-refractivity contribution >= 4 is 17.5 Å². The molecule has 1 amide bonds. The number of carbonyl (C=O) groups is 1. The molecule has 2 rings (SSSR count). The van der Waals surface area contributed by atoms with E-state index in [1.54, 1.807) is 4.90 Å². The first kappa shape index (κ1) is 11.4. The summed E-state index contributed by atoms with van der Waals surface area (Å²) in [7, 11) is 0. The Labute approximate surface area is 100 Å². The third-order valence-electron chi connectivity index (χ3n) is 2.77. The minimum absolute atomic E-state index is 0.0369. The van der Waals surface area contributed by atoms with Gasteiger partial charge in [0, 0.05) is 26.1 Å². The average molecular weight is 239 g/mol. The van der Waals surface area contributed by atoms with E-state index >= 15 is 0 Å². The van der Waals surface area contributed by atoms with Crippen molar-refractivity contribution in [2.45, 2.75) is 24.9 Å². The zero-order valence-corrected chi connectivity index (χ0v) is 9.78. The van der Waals surface area contributed by atoms with E-state index in [0.717, 1.165) is 11.1 Å². The molecule has 1 aromatic rings. The highest BCUT2D eigenvalue weighted by molar-refractivity contribution is 6.22.